The highest BCUT2D eigenvalue weighted by Gasteiger charge is 2.26. The number of hydrogen-bond donors (Lipinski definition) is 2. The lowest BCUT2D eigenvalue weighted by Gasteiger charge is -2.17. The summed E-state index contributed by atoms with van der Waals surface area (Å²) in [5.41, 5.74) is 8.27. The average molecular weight is 247 g/mol. The van der Waals surface area contributed by atoms with Crippen LogP contribution in [0.15, 0.2) is 18.2 Å². The molecule has 0 spiro atoms. The number of fused-ring (bicyclic) bond motifs is 1. The van der Waals surface area contributed by atoms with Gasteiger partial charge in [0, 0.05) is 31.4 Å². The SMILES string of the molecule is CNC(=O)CCCN1C(=O)Cc2cc(N)ccc21. The molecule has 0 bridgehead atoms. The van der Waals surface area contributed by atoms with Crippen molar-refractivity contribution in [1.29, 1.82) is 0 Å². The van der Waals surface area contributed by atoms with Crippen molar-refractivity contribution in [3.8, 4) is 0 Å². The Hall–Kier alpha value is -2.04. The van der Waals surface area contributed by atoms with Crippen LogP contribution in [0.2, 0.25) is 0 Å². The Balaban J connectivity index is 2.02. The second-order valence-electron chi connectivity index (χ2n) is 4.39. The Labute approximate surface area is 106 Å². The molecule has 5 heteroatoms. The Kier molecular flexibility index (Phi) is 3.50. The third-order valence-electron chi connectivity index (χ3n) is 3.10. The number of hydrogen-bond acceptors (Lipinski definition) is 3. The van der Waals surface area contributed by atoms with Crippen molar-refractivity contribution < 1.29 is 9.59 Å². The summed E-state index contributed by atoms with van der Waals surface area (Å²) in [4.78, 5) is 24.7. The maximum absolute atomic E-state index is 11.9. The summed E-state index contributed by atoms with van der Waals surface area (Å²) in [6.07, 6.45) is 1.50. The Morgan fingerprint density at radius 1 is 1.50 bits per heavy atom. The van der Waals surface area contributed by atoms with Gasteiger partial charge in [0.15, 0.2) is 0 Å². The van der Waals surface area contributed by atoms with E-state index >= 15 is 0 Å². The number of amides is 2. The minimum absolute atomic E-state index is 0.000763. The molecule has 0 atom stereocenters. The smallest absolute Gasteiger partial charge is 0.231 e. The molecule has 18 heavy (non-hydrogen) atoms. The number of benzene rings is 1. The second-order valence-corrected chi connectivity index (χ2v) is 4.39. The molecule has 1 aliphatic heterocycles. The summed E-state index contributed by atoms with van der Waals surface area (Å²) < 4.78 is 0. The normalized spacial score (nSPS) is 13.6. The lowest BCUT2D eigenvalue weighted by atomic mass is 10.1. The van der Waals surface area contributed by atoms with Crippen LogP contribution < -0.4 is 16.0 Å². The number of anilines is 2. The van der Waals surface area contributed by atoms with Gasteiger partial charge in [-0.3, -0.25) is 9.59 Å². The van der Waals surface area contributed by atoms with Crippen LogP contribution in [0.5, 0.6) is 0 Å². The minimum Gasteiger partial charge on any atom is -0.399 e. The molecule has 0 saturated carbocycles. The summed E-state index contributed by atoms with van der Waals surface area (Å²) >= 11 is 0. The molecule has 1 heterocycles. The van der Waals surface area contributed by atoms with Gasteiger partial charge >= 0.3 is 0 Å². The van der Waals surface area contributed by atoms with E-state index in [1.807, 2.05) is 12.1 Å². The lowest BCUT2D eigenvalue weighted by Crippen LogP contribution is -2.29. The molecule has 0 unspecified atom stereocenters. The van der Waals surface area contributed by atoms with E-state index in [9.17, 15) is 9.59 Å². The van der Waals surface area contributed by atoms with E-state index in [1.54, 1.807) is 18.0 Å². The molecule has 2 amide bonds. The highest BCUT2D eigenvalue weighted by Crippen LogP contribution is 2.30. The van der Waals surface area contributed by atoms with Gasteiger partial charge < -0.3 is 16.0 Å². The van der Waals surface area contributed by atoms with Gasteiger partial charge in [0.1, 0.15) is 0 Å². The minimum atomic E-state index is -0.000763. The molecule has 0 aliphatic carbocycles. The molecule has 0 radical (unpaired) electrons. The van der Waals surface area contributed by atoms with Gasteiger partial charge in [-0.1, -0.05) is 0 Å². The largest absolute Gasteiger partial charge is 0.399 e. The van der Waals surface area contributed by atoms with E-state index in [1.165, 1.54) is 0 Å². The van der Waals surface area contributed by atoms with Gasteiger partial charge in [-0.25, -0.2) is 0 Å². The van der Waals surface area contributed by atoms with Gasteiger partial charge in [-0.05, 0) is 30.2 Å². The molecule has 2 rings (SSSR count). The zero-order valence-corrected chi connectivity index (χ0v) is 10.4. The highest BCUT2D eigenvalue weighted by atomic mass is 16.2. The average Bonchev–Trinajstić information content (AvgIpc) is 2.64. The molecular formula is C13H17N3O2. The van der Waals surface area contributed by atoms with E-state index in [0.29, 0.717) is 31.5 Å². The number of carbonyl (C=O) groups is 2. The van der Waals surface area contributed by atoms with Crippen molar-refractivity contribution in [3.05, 3.63) is 23.8 Å². The fourth-order valence-corrected chi connectivity index (χ4v) is 2.17. The molecule has 3 N–H and O–H groups in total. The summed E-state index contributed by atoms with van der Waals surface area (Å²) in [5, 5.41) is 2.57. The molecule has 0 saturated heterocycles. The van der Waals surface area contributed by atoms with Crippen LogP contribution in [0, 0.1) is 0 Å². The summed E-state index contributed by atoms with van der Waals surface area (Å²) in [6.45, 7) is 0.573. The first-order valence-electron chi connectivity index (χ1n) is 6.01. The lowest BCUT2D eigenvalue weighted by molar-refractivity contribution is -0.121. The van der Waals surface area contributed by atoms with Crippen molar-refractivity contribution >= 4 is 23.2 Å². The highest BCUT2D eigenvalue weighted by molar-refractivity contribution is 6.01. The number of nitrogen functional groups attached to an aromatic ring is 1. The van der Waals surface area contributed by atoms with E-state index in [2.05, 4.69) is 5.32 Å². The Bertz CT molecular complexity index is 485. The summed E-state index contributed by atoms with van der Waals surface area (Å²) in [7, 11) is 1.61. The van der Waals surface area contributed by atoms with Crippen molar-refractivity contribution in [2.45, 2.75) is 19.3 Å². The maximum atomic E-state index is 11.9. The van der Waals surface area contributed by atoms with Gasteiger partial charge in [-0.2, -0.15) is 0 Å². The zero-order chi connectivity index (χ0) is 13.1. The van der Waals surface area contributed by atoms with Gasteiger partial charge in [-0.15, -0.1) is 0 Å². The Morgan fingerprint density at radius 2 is 2.28 bits per heavy atom. The molecule has 1 aromatic carbocycles. The van der Waals surface area contributed by atoms with Crippen molar-refractivity contribution in [2.24, 2.45) is 0 Å². The number of rotatable bonds is 4. The van der Waals surface area contributed by atoms with E-state index in [-0.39, 0.29) is 11.8 Å². The molecule has 0 aromatic heterocycles. The van der Waals surface area contributed by atoms with Crippen LogP contribution in [0.3, 0.4) is 0 Å². The number of nitrogens with two attached hydrogens (primary N) is 1. The first-order chi connectivity index (χ1) is 8.61. The fourth-order valence-electron chi connectivity index (χ4n) is 2.17. The van der Waals surface area contributed by atoms with Crippen molar-refractivity contribution in [1.82, 2.24) is 5.32 Å². The Morgan fingerprint density at radius 3 is 3.00 bits per heavy atom. The van der Waals surface area contributed by atoms with E-state index < -0.39 is 0 Å². The second kappa shape index (κ2) is 5.08. The van der Waals surface area contributed by atoms with Crippen LogP contribution >= 0.6 is 0 Å². The van der Waals surface area contributed by atoms with Crippen molar-refractivity contribution in [3.63, 3.8) is 0 Å². The molecule has 0 fully saturated rings. The number of carbonyl (C=O) groups excluding carboxylic acids is 2. The zero-order valence-electron chi connectivity index (χ0n) is 10.4. The monoisotopic (exact) mass is 247 g/mol. The third kappa shape index (κ3) is 2.45. The summed E-state index contributed by atoms with van der Waals surface area (Å²) in [5.74, 6) is 0.0756. The molecule has 1 aromatic rings. The van der Waals surface area contributed by atoms with Crippen LogP contribution in [0.4, 0.5) is 11.4 Å². The standard InChI is InChI=1S/C13H17N3O2/c1-15-12(17)3-2-6-16-11-5-4-10(14)7-9(11)8-13(16)18/h4-5,7H,2-3,6,8,14H2,1H3,(H,15,17). The predicted molar refractivity (Wildman–Crippen MR) is 70.2 cm³/mol. The quantitative estimate of drug-likeness (QED) is 0.768. The van der Waals surface area contributed by atoms with Crippen molar-refractivity contribution in [2.75, 3.05) is 24.2 Å². The molecule has 96 valence electrons. The first kappa shape index (κ1) is 12.4. The van der Waals surface area contributed by atoms with Crippen LogP contribution in [-0.4, -0.2) is 25.4 Å². The van der Waals surface area contributed by atoms with Gasteiger partial charge in [0.05, 0.1) is 6.42 Å². The molecular weight excluding hydrogens is 230 g/mol. The van der Waals surface area contributed by atoms with Crippen LogP contribution in [0.1, 0.15) is 18.4 Å². The topological polar surface area (TPSA) is 75.4 Å². The van der Waals surface area contributed by atoms with Gasteiger partial charge in [0.25, 0.3) is 0 Å². The molecule has 5 nitrogen and oxygen atoms in total. The fraction of sp³-hybridized carbons (Fsp3) is 0.385. The third-order valence-corrected chi connectivity index (χ3v) is 3.10. The van der Waals surface area contributed by atoms with E-state index in [0.717, 1.165) is 11.3 Å². The first-order valence-corrected chi connectivity index (χ1v) is 6.01. The number of nitrogens with zero attached hydrogens (tertiary/aromatic N) is 1. The summed E-state index contributed by atoms with van der Waals surface area (Å²) in [6, 6.07) is 5.50. The maximum Gasteiger partial charge on any atom is 0.231 e. The number of nitrogens with one attached hydrogen (secondary N) is 1. The van der Waals surface area contributed by atoms with Crippen LogP contribution in [-0.2, 0) is 16.0 Å². The van der Waals surface area contributed by atoms with E-state index in [4.69, 9.17) is 5.73 Å². The predicted octanol–water partition coefficient (Wildman–Crippen LogP) is 0.684. The van der Waals surface area contributed by atoms with Crippen LogP contribution in [0.25, 0.3) is 0 Å². The van der Waals surface area contributed by atoms with Gasteiger partial charge in [0.2, 0.25) is 11.8 Å². The molecule has 1 aliphatic rings.